The normalized spacial score (nSPS) is 12.8. The van der Waals surface area contributed by atoms with Crippen LogP contribution in [0.3, 0.4) is 0 Å². The Balaban J connectivity index is 3.45. The van der Waals surface area contributed by atoms with Crippen LogP contribution in [0.15, 0.2) is 0 Å². The highest BCUT2D eigenvalue weighted by Crippen LogP contribution is 2.07. The Kier molecular flexibility index (Phi) is 10.2. The molecule has 1 unspecified atom stereocenters. The molecule has 0 aliphatic heterocycles. The van der Waals surface area contributed by atoms with E-state index in [1.54, 1.807) is 7.11 Å². The van der Waals surface area contributed by atoms with Gasteiger partial charge in [-0.25, -0.2) is 0 Å². The summed E-state index contributed by atoms with van der Waals surface area (Å²) in [5.41, 5.74) is 0. The van der Waals surface area contributed by atoms with Gasteiger partial charge in [-0.05, 0) is 19.3 Å². The molecule has 0 fully saturated rings. The fourth-order valence-corrected chi connectivity index (χ4v) is 1.53. The van der Waals surface area contributed by atoms with Crippen molar-refractivity contribution < 1.29 is 14.3 Å². The molecule has 102 valence electrons. The Labute approximate surface area is 105 Å². The Bertz CT molecular complexity index is 195. The van der Waals surface area contributed by atoms with Crippen molar-refractivity contribution in [2.75, 3.05) is 26.9 Å². The molecule has 1 amide bonds. The molecule has 0 aromatic heterocycles. The number of rotatable bonds is 10. The monoisotopic (exact) mass is 245 g/mol. The lowest BCUT2D eigenvalue weighted by molar-refractivity contribution is -0.126. The number of hydrogen-bond acceptors (Lipinski definition) is 3. The van der Waals surface area contributed by atoms with E-state index in [0.29, 0.717) is 13.2 Å². The summed E-state index contributed by atoms with van der Waals surface area (Å²) in [4.78, 5) is 11.4. The quantitative estimate of drug-likeness (QED) is 0.599. The van der Waals surface area contributed by atoms with Gasteiger partial charge in [0.2, 0.25) is 5.91 Å². The number of carbonyl (C=O) groups excluding carboxylic acids is 1. The van der Waals surface area contributed by atoms with E-state index in [0.717, 1.165) is 18.8 Å². The molecule has 0 aromatic rings. The van der Waals surface area contributed by atoms with Crippen LogP contribution in [0.1, 0.15) is 40.0 Å². The van der Waals surface area contributed by atoms with Gasteiger partial charge in [0.05, 0.1) is 13.2 Å². The van der Waals surface area contributed by atoms with Gasteiger partial charge in [-0.1, -0.05) is 26.7 Å². The highest BCUT2D eigenvalue weighted by Gasteiger charge is 2.07. The van der Waals surface area contributed by atoms with E-state index in [1.807, 2.05) is 6.92 Å². The zero-order valence-corrected chi connectivity index (χ0v) is 11.6. The summed E-state index contributed by atoms with van der Waals surface area (Å²) in [5.74, 6) is 0.688. The van der Waals surface area contributed by atoms with Crippen LogP contribution < -0.4 is 5.32 Å². The second-order valence-corrected chi connectivity index (χ2v) is 4.84. The average molecular weight is 245 g/mol. The number of amides is 1. The molecule has 4 heteroatoms. The van der Waals surface area contributed by atoms with Crippen molar-refractivity contribution in [1.82, 2.24) is 5.32 Å². The molecule has 1 N–H and O–H groups in total. The molecule has 0 radical (unpaired) electrons. The van der Waals surface area contributed by atoms with Crippen LogP contribution in [0, 0.1) is 5.92 Å². The molecule has 0 aliphatic rings. The fourth-order valence-electron chi connectivity index (χ4n) is 1.53. The lowest BCUT2D eigenvalue weighted by Crippen LogP contribution is -2.35. The minimum absolute atomic E-state index is 0.0434. The lowest BCUT2D eigenvalue weighted by atomic mass is 10.0. The van der Waals surface area contributed by atoms with Crippen LogP contribution in [0.5, 0.6) is 0 Å². The summed E-state index contributed by atoms with van der Waals surface area (Å²) < 4.78 is 9.97. The highest BCUT2D eigenvalue weighted by molar-refractivity contribution is 5.77. The van der Waals surface area contributed by atoms with Gasteiger partial charge < -0.3 is 14.8 Å². The lowest BCUT2D eigenvalue weighted by Gasteiger charge is -2.14. The van der Waals surface area contributed by atoms with Crippen LogP contribution in [-0.4, -0.2) is 38.9 Å². The van der Waals surface area contributed by atoms with E-state index >= 15 is 0 Å². The number of carbonyl (C=O) groups is 1. The molecular weight excluding hydrogens is 218 g/mol. The van der Waals surface area contributed by atoms with E-state index in [1.165, 1.54) is 6.42 Å². The maximum absolute atomic E-state index is 11.4. The van der Waals surface area contributed by atoms with Gasteiger partial charge in [-0.3, -0.25) is 4.79 Å². The summed E-state index contributed by atoms with van der Waals surface area (Å²) in [6.07, 6.45) is 3.40. The van der Waals surface area contributed by atoms with E-state index in [9.17, 15) is 4.79 Å². The molecule has 0 aromatic carbocycles. The Morgan fingerprint density at radius 2 is 1.88 bits per heavy atom. The van der Waals surface area contributed by atoms with E-state index in [4.69, 9.17) is 9.47 Å². The maximum Gasteiger partial charge on any atom is 0.246 e. The minimum Gasteiger partial charge on any atom is -0.382 e. The van der Waals surface area contributed by atoms with Gasteiger partial charge in [0, 0.05) is 13.2 Å². The summed E-state index contributed by atoms with van der Waals surface area (Å²) in [6, 6.07) is 0.229. The molecule has 17 heavy (non-hydrogen) atoms. The van der Waals surface area contributed by atoms with Gasteiger partial charge in [0.1, 0.15) is 6.61 Å². The van der Waals surface area contributed by atoms with Crippen LogP contribution >= 0.6 is 0 Å². The van der Waals surface area contributed by atoms with Crippen molar-refractivity contribution in [3.8, 4) is 0 Å². The van der Waals surface area contributed by atoms with Crippen molar-refractivity contribution in [2.45, 2.75) is 46.1 Å². The molecule has 0 aliphatic carbocycles. The first-order chi connectivity index (χ1) is 8.06. The van der Waals surface area contributed by atoms with Crippen molar-refractivity contribution in [3.05, 3.63) is 0 Å². The van der Waals surface area contributed by atoms with Gasteiger partial charge >= 0.3 is 0 Å². The average Bonchev–Trinajstić information content (AvgIpc) is 2.23. The van der Waals surface area contributed by atoms with Crippen LogP contribution in [-0.2, 0) is 14.3 Å². The first-order valence-corrected chi connectivity index (χ1v) is 6.42. The van der Waals surface area contributed by atoms with Crippen molar-refractivity contribution in [3.63, 3.8) is 0 Å². The fraction of sp³-hybridized carbons (Fsp3) is 0.923. The molecule has 4 nitrogen and oxygen atoms in total. The first kappa shape index (κ1) is 16.4. The third kappa shape index (κ3) is 11.6. The molecule has 0 heterocycles. The number of ether oxygens (including phenoxy) is 2. The Morgan fingerprint density at radius 1 is 1.18 bits per heavy atom. The molecule has 0 bridgehead atoms. The van der Waals surface area contributed by atoms with Crippen LogP contribution in [0.25, 0.3) is 0 Å². The summed E-state index contributed by atoms with van der Waals surface area (Å²) in [5, 5.41) is 2.93. The summed E-state index contributed by atoms with van der Waals surface area (Å²) in [7, 11) is 1.61. The Hall–Kier alpha value is -0.610. The molecular formula is C13H27NO3. The van der Waals surface area contributed by atoms with Gasteiger partial charge in [-0.15, -0.1) is 0 Å². The number of nitrogens with one attached hydrogen (secondary N) is 1. The second-order valence-electron chi connectivity index (χ2n) is 4.84. The van der Waals surface area contributed by atoms with Gasteiger partial charge in [0.25, 0.3) is 0 Å². The van der Waals surface area contributed by atoms with Gasteiger partial charge in [-0.2, -0.15) is 0 Å². The van der Waals surface area contributed by atoms with Crippen molar-refractivity contribution >= 4 is 5.91 Å². The standard InChI is InChI=1S/C13H27NO3/c1-11(2)6-5-7-12(3)14-13(15)10-17-9-8-16-4/h11-12H,5-10H2,1-4H3,(H,14,15). The molecule has 1 atom stereocenters. The molecule has 0 spiro atoms. The van der Waals surface area contributed by atoms with Crippen LogP contribution in [0.2, 0.25) is 0 Å². The maximum atomic E-state index is 11.4. The second kappa shape index (κ2) is 10.5. The topological polar surface area (TPSA) is 47.6 Å². The predicted octanol–water partition coefficient (Wildman–Crippen LogP) is 1.98. The first-order valence-electron chi connectivity index (χ1n) is 6.42. The zero-order valence-electron chi connectivity index (χ0n) is 11.6. The van der Waals surface area contributed by atoms with Crippen LogP contribution in [0.4, 0.5) is 0 Å². The van der Waals surface area contributed by atoms with E-state index in [2.05, 4.69) is 19.2 Å². The smallest absolute Gasteiger partial charge is 0.246 e. The third-order valence-electron chi connectivity index (χ3n) is 2.49. The van der Waals surface area contributed by atoms with Gasteiger partial charge in [0.15, 0.2) is 0 Å². The summed E-state index contributed by atoms with van der Waals surface area (Å²) in [6.45, 7) is 7.58. The summed E-state index contributed by atoms with van der Waals surface area (Å²) >= 11 is 0. The SMILES string of the molecule is COCCOCC(=O)NC(C)CCCC(C)C. The molecule has 0 rings (SSSR count). The third-order valence-corrected chi connectivity index (χ3v) is 2.49. The predicted molar refractivity (Wildman–Crippen MR) is 69.0 cm³/mol. The minimum atomic E-state index is -0.0434. The molecule has 0 saturated carbocycles. The number of hydrogen-bond donors (Lipinski definition) is 1. The molecule has 0 saturated heterocycles. The number of methoxy groups -OCH3 is 1. The highest BCUT2D eigenvalue weighted by atomic mass is 16.5. The van der Waals surface area contributed by atoms with E-state index < -0.39 is 0 Å². The largest absolute Gasteiger partial charge is 0.382 e. The van der Waals surface area contributed by atoms with E-state index in [-0.39, 0.29) is 18.6 Å². The van der Waals surface area contributed by atoms with Crippen molar-refractivity contribution in [2.24, 2.45) is 5.92 Å². The Morgan fingerprint density at radius 3 is 2.47 bits per heavy atom. The zero-order chi connectivity index (χ0) is 13.1. The van der Waals surface area contributed by atoms with Crippen molar-refractivity contribution in [1.29, 1.82) is 0 Å².